The van der Waals surface area contributed by atoms with Crippen LogP contribution in [-0.4, -0.2) is 31.0 Å². The summed E-state index contributed by atoms with van der Waals surface area (Å²) in [5, 5.41) is 5.86. The average Bonchev–Trinajstić information content (AvgIpc) is 2.57. The molecule has 0 heterocycles. The molecule has 25 heavy (non-hydrogen) atoms. The molecular formula is C20H32N2O3. The number of amides is 2. The molecular weight excluding hydrogens is 316 g/mol. The number of carbonyl (C=O) groups is 2. The summed E-state index contributed by atoms with van der Waals surface area (Å²) in [6.45, 7) is 10.2. The van der Waals surface area contributed by atoms with Crippen molar-refractivity contribution in [3.8, 4) is 5.75 Å². The first-order valence-electron chi connectivity index (χ1n) is 9.00. The molecule has 2 atom stereocenters. The second kappa shape index (κ2) is 10.1. The minimum atomic E-state index is -0.584. The van der Waals surface area contributed by atoms with Crippen molar-refractivity contribution in [2.24, 2.45) is 11.8 Å². The highest BCUT2D eigenvalue weighted by atomic mass is 16.5. The van der Waals surface area contributed by atoms with Crippen LogP contribution in [0.4, 0.5) is 0 Å². The van der Waals surface area contributed by atoms with E-state index < -0.39 is 6.04 Å². The first-order chi connectivity index (χ1) is 11.8. The molecule has 0 fully saturated rings. The van der Waals surface area contributed by atoms with Gasteiger partial charge in [0.1, 0.15) is 11.8 Å². The summed E-state index contributed by atoms with van der Waals surface area (Å²) >= 11 is 0. The predicted molar refractivity (Wildman–Crippen MR) is 101 cm³/mol. The summed E-state index contributed by atoms with van der Waals surface area (Å²) in [5.41, 5.74) is 0.427. The van der Waals surface area contributed by atoms with E-state index in [4.69, 9.17) is 4.74 Å². The molecule has 0 aliphatic rings. The van der Waals surface area contributed by atoms with Gasteiger partial charge in [-0.05, 0) is 43.7 Å². The maximum Gasteiger partial charge on any atom is 0.255 e. The maximum absolute atomic E-state index is 12.6. The Labute approximate surface area is 151 Å². The van der Waals surface area contributed by atoms with Crippen LogP contribution >= 0.6 is 0 Å². The third-order valence-electron chi connectivity index (χ3n) is 4.15. The standard InChI is InChI=1S/C20H32N2O3/c1-13(2)11-12-15(5)21-20(24)18(14(3)4)22-19(23)16-9-7-8-10-17(16)25-6/h7-10,13-15,18H,11-12H2,1-6H3,(H,21,24)(H,22,23). The molecule has 0 aliphatic heterocycles. The van der Waals surface area contributed by atoms with Gasteiger partial charge in [-0.15, -0.1) is 0 Å². The van der Waals surface area contributed by atoms with Crippen molar-refractivity contribution in [3.63, 3.8) is 0 Å². The molecule has 0 bridgehead atoms. The third-order valence-corrected chi connectivity index (χ3v) is 4.15. The van der Waals surface area contributed by atoms with Crippen molar-refractivity contribution < 1.29 is 14.3 Å². The third kappa shape index (κ3) is 6.77. The summed E-state index contributed by atoms with van der Waals surface area (Å²) in [5.74, 6) is 0.630. The van der Waals surface area contributed by atoms with Crippen LogP contribution in [0.2, 0.25) is 0 Å². The van der Waals surface area contributed by atoms with Crippen molar-refractivity contribution in [3.05, 3.63) is 29.8 Å². The Hall–Kier alpha value is -2.04. The molecule has 2 amide bonds. The van der Waals surface area contributed by atoms with E-state index in [0.717, 1.165) is 12.8 Å². The molecule has 1 rings (SSSR count). The van der Waals surface area contributed by atoms with Gasteiger partial charge < -0.3 is 15.4 Å². The number of nitrogens with one attached hydrogen (secondary N) is 2. The van der Waals surface area contributed by atoms with E-state index in [2.05, 4.69) is 24.5 Å². The molecule has 140 valence electrons. The van der Waals surface area contributed by atoms with E-state index in [-0.39, 0.29) is 23.8 Å². The lowest BCUT2D eigenvalue weighted by Crippen LogP contribution is -2.51. The lowest BCUT2D eigenvalue weighted by atomic mass is 10.0. The fourth-order valence-electron chi connectivity index (χ4n) is 2.57. The molecule has 5 heteroatoms. The van der Waals surface area contributed by atoms with E-state index in [1.54, 1.807) is 24.3 Å². The molecule has 2 unspecified atom stereocenters. The topological polar surface area (TPSA) is 67.4 Å². The zero-order chi connectivity index (χ0) is 19.0. The zero-order valence-electron chi connectivity index (χ0n) is 16.3. The molecule has 0 saturated heterocycles. The number of hydrogen-bond acceptors (Lipinski definition) is 3. The van der Waals surface area contributed by atoms with Crippen LogP contribution in [0.1, 0.15) is 57.8 Å². The number of rotatable bonds is 9. The Bertz CT molecular complexity index is 570. The van der Waals surface area contributed by atoms with E-state index in [9.17, 15) is 9.59 Å². The lowest BCUT2D eigenvalue weighted by Gasteiger charge is -2.24. The monoisotopic (exact) mass is 348 g/mol. The van der Waals surface area contributed by atoms with Gasteiger partial charge in [0.05, 0.1) is 12.7 Å². The van der Waals surface area contributed by atoms with Gasteiger partial charge in [0.25, 0.3) is 5.91 Å². The molecule has 0 aromatic heterocycles. The fourth-order valence-corrected chi connectivity index (χ4v) is 2.57. The summed E-state index contributed by atoms with van der Waals surface area (Å²) in [6, 6.07) is 6.49. The Morgan fingerprint density at radius 3 is 2.20 bits per heavy atom. The Balaban J connectivity index is 2.76. The number of para-hydroxylation sites is 1. The molecule has 0 saturated carbocycles. The largest absolute Gasteiger partial charge is 0.496 e. The smallest absolute Gasteiger partial charge is 0.255 e. The van der Waals surface area contributed by atoms with Crippen LogP contribution in [0.15, 0.2) is 24.3 Å². The van der Waals surface area contributed by atoms with Crippen LogP contribution in [0.25, 0.3) is 0 Å². The van der Waals surface area contributed by atoms with Crippen LogP contribution in [-0.2, 0) is 4.79 Å². The van der Waals surface area contributed by atoms with Gasteiger partial charge in [-0.2, -0.15) is 0 Å². The van der Waals surface area contributed by atoms with Crippen LogP contribution in [0, 0.1) is 11.8 Å². The van der Waals surface area contributed by atoms with Crippen LogP contribution in [0.5, 0.6) is 5.75 Å². The number of carbonyl (C=O) groups excluding carboxylic acids is 2. The van der Waals surface area contributed by atoms with Gasteiger partial charge in [-0.3, -0.25) is 9.59 Å². The quantitative estimate of drug-likeness (QED) is 0.719. The highest BCUT2D eigenvalue weighted by molar-refractivity contribution is 5.99. The second-order valence-electron chi connectivity index (χ2n) is 7.28. The summed E-state index contributed by atoms with van der Waals surface area (Å²) < 4.78 is 5.23. The molecule has 2 N–H and O–H groups in total. The summed E-state index contributed by atoms with van der Waals surface area (Å²) in [4.78, 5) is 25.2. The normalized spacial score (nSPS) is 13.4. The summed E-state index contributed by atoms with van der Waals surface area (Å²) in [6.07, 6.45) is 1.98. The number of ether oxygens (including phenoxy) is 1. The Morgan fingerprint density at radius 2 is 1.64 bits per heavy atom. The minimum Gasteiger partial charge on any atom is -0.496 e. The van der Waals surface area contributed by atoms with Gasteiger partial charge in [0.2, 0.25) is 5.91 Å². The van der Waals surface area contributed by atoms with Crippen molar-refractivity contribution in [2.45, 2.75) is 59.5 Å². The maximum atomic E-state index is 12.6. The van der Waals surface area contributed by atoms with E-state index in [1.807, 2.05) is 20.8 Å². The minimum absolute atomic E-state index is 0.0176. The van der Waals surface area contributed by atoms with Crippen LogP contribution in [0.3, 0.4) is 0 Å². The Morgan fingerprint density at radius 1 is 1.00 bits per heavy atom. The molecule has 0 spiro atoms. The van der Waals surface area contributed by atoms with Crippen molar-refractivity contribution in [1.82, 2.24) is 10.6 Å². The van der Waals surface area contributed by atoms with Gasteiger partial charge in [-0.1, -0.05) is 39.8 Å². The van der Waals surface area contributed by atoms with E-state index >= 15 is 0 Å². The second-order valence-corrected chi connectivity index (χ2v) is 7.28. The van der Waals surface area contributed by atoms with Crippen molar-refractivity contribution in [1.29, 1.82) is 0 Å². The first kappa shape index (κ1) is 21.0. The van der Waals surface area contributed by atoms with Crippen molar-refractivity contribution in [2.75, 3.05) is 7.11 Å². The van der Waals surface area contributed by atoms with Gasteiger partial charge in [-0.25, -0.2) is 0 Å². The molecule has 1 aromatic carbocycles. The predicted octanol–water partition coefficient (Wildman–Crippen LogP) is 3.39. The van der Waals surface area contributed by atoms with Gasteiger partial charge >= 0.3 is 0 Å². The highest BCUT2D eigenvalue weighted by Gasteiger charge is 2.26. The van der Waals surface area contributed by atoms with Gasteiger partial charge in [0, 0.05) is 6.04 Å². The Kier molecular flexibility index (Phi) is 8.46. The van der Waals surface area contributed by atoms with Crippen molar-refractivity contribution >= 4 is 11.8 Å². The fraction of sp³-hybridized carbons (Fsp3) is 0.600. The number of hydrogen-bond donors (Lipinski definition) is 2. The molecule has 0 aliphatic carbocycles. The first-order valence-corrected chi connectivity index (χ1v) is 9.00. The van der Waals surface area contributed by atoms with Crippen LogP contribution < -0.4 is 15.4 Å². The van der Waals surface area contributed by atoms with E-state index in [1.165, 1.54) is 7.11 Å². The summed E-state index contributed by atoms with van der Waals surface area (Å²) in [7, 11) is 1.52. The molecule has 0 radical (unpaired) electrons. The highest BCUT2D eigenvalue weighted by Crippen LogP contribution is 2.18. The average molecular weight is 348 g/mol. The molecule has 1 aromatic rings. The number of benzene rings is 1. The molecule has 5 nitrogen and oxygen atoms in total. The SMILES string of the molecule is COc1ccccc1C(=O)NC(C(=O)NC(C)CCC(C)C)C(C)C. The van der Waals surface area contributed by atoms with E-state index in [0.29, 0.717) is 17.2 Å². The lowest BCUT2D eigenvalue weighted by molar-refractivity contribution is -0.124. The van der Waals surface area contributed by atoms with Gasteiger partial charge in [0.15, 0.2) is 0 Å². The number of methoxy groups -OCH3 is 1. The zero-order valence-corrected chi connectivity index (χ0v) is 16.3.